The zero-order valence-corrected chi connectivity index (χ0v) is 10.2. The highest BCUT2D eigenvalue weighted by Gasteiger charge is 2.22. The molecule has 1 nitrogen and oxygen atoms in total. The van der Waals surface area contributed by atoms with Crippen LogP contribution >= 0.6 is 11.6 Å². The van der Waals surface area contributed by atoms with Crippen molar-refractivity contribution in [3.8, 4) is 0 Å². The third-order valence-electron chi connectivity index (χ3n) is 3.41. The van der Waals surface area contributed by atoms with Gasteiger partial charge in [0.05, 0.1) is 5.02 Å². The van der Waals surface area contributed by atoms with Crippen LogP contribution in [0.2, 0.25) is 5.02 Å². The third kappa shape index (κ3) is 2.74. The van der Waals surface area contributed by atoms with Crippen molar-refractivity contribution in [2.45, 2.75) is 38.8 Å². The van der Waals surface area contributed by atoms with Crippen LogP contribution in [0, 0.1) is 11.7 Å². The summed E-state index contributed by atoms with van der Waals surface area (Å²) < 4.78 is 12.9. The molecular weight excluding hydrogens is 225 g/mol. The molecule has 1 saturated carbocycles. The topological polar surface area (TPSA) is 12.0 Å². The Kier molecular flexibility index (Phi) is 3.82. The van der Waals surface area contributed by atoms with E-state index in [1.54, 1.807) is 12.1 Å². The highest BCUT2D eigenvalue weighted by Crippen LogP contribution is 2.25. The molecule has 2 rings (SSSR count). The predicted molar refractivity (Wildman–Crippen MR) is 65.1 cm³/mol. The summed E-state index contributed by atoms with van der Waals surface area (Å²) in [4.78, 5) is 0. The lowest BCUT2D eigenvalue weighted by molar-refractivity contribution is 0.426. The quantitative estimate of drug-likeness (QED) is 0.850. The van der Waals surface area contributed by atoms with E-state index in [0.717, 1.165) is 18.0 Å². The van der Waals surface area contributed by atoms with Gasteiger partial charge in [0.1, 0.15) is 5.82 Å². The standard InChI is InChI=1S/C13H17ClFN/c1-9-3-2-4-13(9)16-8-10-5-6-12(15)11(14)7-10/h5-7,9,13,16H,2-4,8H2,1H3. The molecule has 88 valence electrons. The van der Waals surface area contributed by atoms with Crippen molar-refractivity contribution in [3.63, 3.8) is 0 Å². The van der Waals surface area contributed by atoms with Crippen LogP contribution in [0.25, 0.3) is 0 Å². The molecule has 2 atom stereocenters. The molecular formula is C13H17ClFN. The summed E-state index contributed by atoms with van der Waals surface area (Å²) in [5, 5.41) is 3.72. The largest absolute Gasteiger partial charge is 0.310 e. The number of rotatable bonds is 3. The summed E-state index contributed by atoms with van der Waals surface area (Å²) in [5.74, 6) is 0.399. The van der Waals surface area contributed by atoms with Crippen LogP contribution in [0.5, 0.6) is 0 Å². The zero-order chi connectivity index (χ0) is 11.5. The fourth-order valence-electron chi connectivity index (χ4n) is 2.35. The molecule has 1 aliphatic rings. The number of halogens is 2. The molecule has 0 aliphatic heterocycles. The van der Waals surface area contributed by atoms with Crippen LogP contribution < -0.4 is 5.32 Å². The number of hydrogen-bond acceptors (Lipinski definition) is 1. The lowest BCUT2D eigenvalue weighted by atomic mass is 10.1. The van der Waals surface area contributed by atoms with Crippen LogP contribution in [0.3, 0.4) is 0 Å². The molecule has 3 heteroatoms. The lowest BCUT2D eigenvalue weighted by Crippen LogP contribution is -2.30. The first-order valence-corrected chi connectivity index (χ1v) is 6.22. The smallest absolute Gasteiger partial charge is 0.141 e. The molecule has 0 saturated heterocycles. The number of nitrogens with one attached hydrogen (secondary N) is 1. The molecule has 0 radical (unpaired) electrons. The molecule has 0 heterocycles. The van der Waals surface area contributed by atoms with Gasteiger partial charge in [-0.25, -0.2) is 4.39 Å². The summed E-state index contributed by atoms with van der Waals surface area (Å²) in [6.07, 6.45) is 3.86. The number of hydrogen-bond donors (Lipinski definition) is 1. The van der Waals surface area contributed by atoms with Crippen LogP contribution in [-0.4, -0.2) is 6.04 Å². The molecule has 0 bridgehead atoms. The van der Waals surface area contributed by atoms with E-state index >= 15 is 0 Å². The third-order valence-corrected chi connectivity index (χ3v) is 3.70. The molecule has 0 aromatic heterocycles. The Balaban J connectivity index is 1.91. The van der Waals surface area contributed by atoms with Crippen LogP contribution in [0.4, 0.5) is 4.39 Å². The van der Waals surface area contributed by atoms with E-state index in [1.807, 2.05) is 0 Å². The maximum atomic E-state index is 12.9. The van der Waals surface area contributed by atoms with E-state index in [4.69, 9.17) is 11.6 Å². The van der Waals surface area contributed by atoms with Gasteiger partial charge in [-0.3, -0.25) is 0 Å². The fraction of sp³-hybridized carbons (Fsp3) is 0.538. The van der Waals surface area contributed by atoms with Crippen molar-refractivity contribution < 1.29 is 4.39 Å². The second kappa shape index (κ2) is 5.15. The van der Waals surface area contributed by atoms with Gasteiger partial charge in [0.15, 0.2) is 0 Å². The van der Waals surface area contributed by atoms with E-state index in [9.17, 15) is 4.39 Å². The zero-order valence-electron chi connectivity index (χ0n) is 9.47. The molecule has 0 spiro atoms. The molecule has 0 amide bonds. The Bertz CT molecular complexity index is 367. The Morgan fingerprint density at radius 3 is 2.88 bits per heavy atom. The van der Waals surface area contributed by atoms with E-state index in [1.165, 1.54) is 25.3 Å². The van der Waals surface area contributed by atoms with Gasteiger partial charge in [-0.2, -0.15) is 0 Å². The normalized spacial score (nSPS) is 24.9. The maximum Gasteiger partial charge on any atom is 0.141 e. The van der Waals surface area contributed by atoms with Crippen molar-refractivity contribution in [1.29, 1.82) is 0 Å². The van der Waals surface area contributed by atoms with E-state index in [0.29, 0.717) is 6.04 Å². The van der Waals surface area contributed by atoms with E-state index in [2.05, 4.69) is 12.2 Å². The average Bonchev–Trinajstić information content (AvgIpc) is 2.66. The van der Waals surface area contributed by atoms with Gasteiger partial charge in [0, 0.05) is 12.6 Å². The summed E-state index contributed by atoms with van der Waals surface area (Å²) in [6, 6.07) is 5.51. The van der Waals surface area contributed by atoms with Crippen molar-refractivity contribution in [1.82, 2.24) is 5.32 Å². The SMILES string of the molecule is CC1CCCC1NCc1ccc(F)c(Cl)c1. The van der Waals surface area contributed by atoms with Gasteiger partial charge in [0.25, 0.3) is 0 Å². The van der Waals surface area contributed by atoms with Crippen molar-refractivity contribution in [3.05, 3.63) is 34.6 Å². The summed E-state index contributed by atoms with van der Waals surface area (Å²) in [6.45, 7) is 3.05. The van der Waals surface area contributed by atoms with Crippen LogP contribution in [0.1, 0.15) is 31.7 Å². The van der Waals surface area contributed by atoms with E-state index in [-0.39, 0.29) is 10.8 Å². The lowest BCUT2D eigenvalue weighted by Gasteiger charge is -2.17. The molecule has 1 fully saturated rings. The monoisotopic (exact) mass is 241 g/mol. The summed E-state index contributed by atoms with van der Waals surface area (Å²) in [7, 11) is 0. The first-order valence-electron chi connectivity index (χ1n) is 5.84. The second-order valence-electron chi connectivity index (χ2n) is 4.64. The fourth-order valence-corrected chi connectivity index (χ4v) is 2.55. The molecule has 1 N–H and O–H groups in total. The van der Waals surface area contributed by atoms with Crippen molar-refractivity contribution >= 4 is 11.6 Å². The number of benzene rings is 1. The summed E-state index contributed by atoms with van der Waals surface area (Å²) in [5.41, 5.74) is 1.05. The Hall–Kier alpha value is -0.600. The van der Waals surface area contributed by atoms with Gasteiger partial charge >= 0.3 is 0 Å². The average molecular weight is 242 g/mol. The molecule has 1 aromatic rings. The Labute approximate surface area is 101 Å². The van der Waals surface area contributed by atoms with Gasteiger partial charge in [-0.1, -0.05) is 31.0 Å². The molecule has 2 unspecified atom stereocenters. The molecule has 1 aromatic carbocycles. The molecule has 16 heavy (non-hydrogen) atoms. The van der Waals surface area contributed by atoms with Gasteiger partial charge in [-0.15, -0.1) is 0 Å². The minimum atomic E-state index is -0.348. The van der Waals surface area contributed by atoms with Gasteiger partial charge in [0.2, 0.25) is 0 Å². The highest BCUT2D eigenvalue weighted by molar-refractivity contribution is 6.30. The minimum absolute atomic E-state index is 0.207. The first kappa shape index (κ1) is 11.9. The maximum absolute atomic E-state index is 12.9. The molecule has 1 aliphatic carbocycles. The Morgan fingerprint density at radius 1 is 1.44 bits per heavy atom. The van der Waals surface area contributed by atoms with Gasteiger partial charge in [-0.05, 0) is 36.5 Å². The summed E-state index contributed by atoms with van der Waals surface area (Å²) >= 11 is 5.74. The van der Waals surface area contributed by atoms with Crippen molar-refractivity contribution in [2.75, 3.05) is 0 Å². The van der Waals surface area contributed by atoms with Crippen molar-refractivity contribution in [2.24, 2.45) is 5.92 Å². The second-order valence-corrected chi connectivity index (χ2v) is 5.05. The van der Waals surface area contributed by atoms with Crippen LogP contribution in [-0.2, 0) is 6.54 Å². The predicted octanol–water partition coefficient (Wildman–Crippen LogP) is 3.76. The van der Waals surface area contributed by atoms with E-state index < -0.39 is 0 Å². The van der Waals surface area contributed by atoms with Gasteiger partial charge < -0.3 is 5.32 Å². The minimum Gasteiger partial charge on any atom is -0.310 e. The first-order chi connectivity index (χ1) is 7.66. The Morgan fingerprint density at radius 2 is 2.25 bits per heavy atom. The van der Waals surface area contributed by atoms with Crippen LogP contribution in [0.15, 0.2) is 18.2 Å². The highest BCUT2D eigenvalue weighted by atomic mass is 35.5.